The van der Waals surface area contributed by atoms with Crippen molar-refractivity contribution < 1.29 is 13.2 Å². The van der Waals surface area contributed by atoms with E-state index in [2.05, 4.69) is 0 Å². The van der Waals surface area contributed by atoms with Gasteiger partial charge in [-0.2, -0.15) is 13.2 Å². The first kappa shape index (κ1) is 17.0. The summed E-state index contributed by atoms with van der Waals surface area (Å²) in [6.07, 6.45) is -3.56. The van der Waals surface area contributed by atoms with Crippen molar-refractivity contribution in [2.75, 3.05) is 13.1 Å². The van der Waals surface area contributed by atoms with Crippen molar-refractivity contribution in [2.45, 2.75) is 45.5 Å². The van der Waals surface area contributed by atoms with Gasteiger partial charge in [0, 0.05) is 6.04 Å². The summed E-state index contributed by atoms with van der Waals surface area (Å²) >= 11 is 0. The highest BCUT2D eigenvalue weighted by molar-refractivity contribution is 5.30. The Hall–Kier alpha value is -1.07. The first-order valence-electron chi connectivity index (χ1n) is 6.88. The third kappa shape index (κ3) is 4.80. The van der Waals surface area contributed by atoms with Crippen molar-refractivity contribution in [1.82, 2.24) is 4.90 Å². The predicted molar refractivity (Wildman–Crippen MR) is 75.5 cm³/mol. The molecule has 0 aliphatic carbocycles. The fraction of sp³-hybridized carbons (Fsp3) is 0.600. The minimum Gasteiger partial charge on any atom is -0.326 e. The van der Waals surface area contributed by atoms with E-state index in [4.69, 9.17) is 5.73 Å². The molecule has 0 bridgehead atoms. The monoisotopic (exact) mass is 288 g/mol. The van der Waals surface area contributed by atoms with Crippen LogP contribution < -0.4 is 5.73 Å². The van der Waals surface area contributed by atoms with E-state index in [0.717, 1.165) is 11.1 Å². The van der Waals surface area contributed by atoms with Crippen molar-refractivity contribution in [2.24, 2.45) is 5.73 Å². The Labute approximate surface area is 118 Å². The van der Waals surface area contributed by atoms with Gasteiger partial charge in [-0.3, -0.25) is 4.90 Å². The van der Waals surface area contributed by atoms with E-state index in [9.17, 15) is 13.2 Å². The van der Waals surface area contributed by atoms with E-state index in [1.807, 2.05) is 38.1 Å². The minimum atomic E-state index is -4.22. The molecule has 0 aliphatic rings. The lowest BCUT2D eigenvalue weighted by atomic mass is 9.95. The normalized spacial score (nSPS) is 15.4. The van der Waals surface area contributed by atoms with Crippen LogP contribution in [0.2, 0.25) is 0 Å². The van der Waals surface area contributed by atoms with E-state index in [1.165, 1.54) is 4.90 Å². The Balaban J connectivity index is 3.12. The molecule has 0 amide bonds. The maximum Gasteiger partial charge on any atom is 0.401 e. The Kier molecular flexibility index (Phi) is 6.02. The fourth-order valence-electron chi connectivity index (χ4n) is 2.57. The maximum absolute atomic E-state index is 12.8. The Morgan fingerprint density at radius 2 is 1.85 bits per heavy atom. The fourth-order valence-corrected chi connectivity index (χ4v) is 2.57. The van der Waals surface area contributed by atoms with Gasteiger partial charge in [0.1, 0.15) is 0 Å². The highest BCUT2D eigenvalue weighted by Gasteiger charge is 2.35. The van der Waals surface area contributed by atoms with E-state index in [-0.39, 0.29) is 6.04 Å². The summed E-state index contributed by atoms with van der Waals surface area (Å²) in [4.78, 5) is 1.44. The summed E-state index contributed by atoms with van der Waals surface area (Å²) in [7, 11) is 0. The van der Waals surface area contributed by atoms with Gasteiger partial charge < -0.3 is 5.73 Å². The lowest BCUT2D eigenvalue weighted by Gasteiger charge is -2.35. The van der Waals surface area contributed by atoms with E-state index < -0.39 is 18.8 Å². The van der Waals surface area contributed by atoms with Gasteiger partial charge in [-0.15, -0.1) is 0 Å². The smallest absolute Gasteiger partial charge is 0.326 e. The summed E-state index contributed by atoms with van der Waals surface area (Å²) in [5, 5.41) is 0. The molecule has 2 unspecified atom stereocenters. The summed E-state index contributed by atoms with van der Waals surface area (Å²) in [6, 6.07) is 6.70. The second-order valence-electron chi connectivity index (χ2n) is 5.25. The molecule has 0 aromatic heterocycles. The van der Waals surface area contributed by atoms with Crippen LogP contribution in [0.1, 0.15) is 37.4 Å². The zero-order valence-corrected chi connectivity index (χ0v) is 12.2. The van der Waals surface area contributed by atoms with Crippen molar-refractivity contribution in [3.8, 4) is 0 Å². The standard InChI is InChI=1S/C15H23F3N2/c1-4-9-20(10-15(16,17)18)14(12(3)19)13-8-6-5-7-11(13)2/h5-8,12,14H,4,9-10,19H2,1-3H3. The van der Waals surface area contributed by atoms with Crippen molar-refractivity contribution in [3.63, 3.8) is 0 Å². The molecule has 2 nitrogen and oxygen atoms in total. The third-order valence-electron chi connectivity index (χ3n) is 3.29. The van der Waals surface area contributed by atoms with Crippen LogP contribution in [0.5, 0.6) is 0 Å². The van der Waals surface area contributed by atoms with Crippen LogP contribution in [0.15, 0.2) is 24.3 Å². The van der Waals surface area contributed by atoms with Gasteiger partial charge in [-0.1, -0.05) is 31.2 Å². The number of aryl methyl sites for hydroxylation is 1. The van der Waals surface area contributed by atoms with Gasteiger partial charge in [-0.25, -0.2) is 0 Å². The predicted octanol–water partition coefficient (Wildman–Crippen LogP) is 3.66. The quantitative estimate of drug-likeness (QED) is 0.865. The summed E-state index contributed by atoms with van der Waals surface area (Å²) in [5.41, 5.74) is 7.82. The maximum atomic E-state index is 12.8. The van der Waals surface area contributed by atoms with Crippen molar-refractivity contribution in [1.29, 1.82) is 0 Å². The average Bonchev–Trinajstić information content (AvgIpc) is 2.29. The van der Waals surface area contributed by atoms with E-state index >= 15 is 0 Å². The number of halogens is 3. The van der Waals surface area contributed by atoms with Crippen LogP contribution in [0.4, 0.5) is 13.2 Å². The number of hydrogen-bond donors (Lipinski definition) is 1. The molecule has 0 spiro atoms. The molecule has 5 heteroatoms. The number of alkyl halides is 3. The van der Waals surface area contributed by atoms with Gasteiger partial charge in [0.05, 0.1) is 12.6 Å². The Morgan fingerprint density at radius 1 is 1.25 bits per heavy atom. The number of hydrogen-bond acceptors (Lipinski definition) is 2. The molecule has 2 atom stereocenters. The number of nitrogens with zero attached hydrogens (tertiary/aromatic N) is 1. The van der Waals surface area contributed by atoms with Crippen molar-refractivity contribution >= 4 is 0 Å². The highest BCUT2D eigenvalue weighted by atomic mass is 19.4. The van der Waals surface area contributed by atoms with Crippen LogP contribution in [0.3, 0.4) is 0 Å². The largest absolute Gasteiger partial charge is 0.401 e. The zero-order chi connectivity index (χ0) is 15.3. The zero-order valence-electron chi connectivity index (χ0n) is 12.2. The molecule has 2 N–H and O–H groups in total. The van der Waals surface area contributed by atoms with Gasteiger partial charge >= 0.3 is 6.18 Å². The summed E-state index contributed by atoms with van der Waals surface area (Å²) < 4.78 is 38.4. The Morgan fingerprint density at radius 3 is 2.30 bits per heavy atom. The molecule has 0 heterocycles. The molecule has 0 saturated heterocycles. The summed E-state index contributed by atoms with van der Waals surface area (Å²) in [5.74, 6) is 0. The molecule has 20 heavy (non-hydrogen) atoms. The topological polar surface area (TPSA) is 29.3 Å². The van der Waals surface area contributed by atoms with Gasteiger partial charge in [0.2, 0.25) is 0 Å². The third-order valence-corrected chi connectivity index (χ3v) is 3.29. The SMILES string of the molecule is CCCN(CC(F)(F)F)C(c1ccccc1C)C(C)N. The second-order valence-corrected chi connectivity index (χ2v) is 5.25. The summed E-state index contributed by atoms with van der Waals surface area (Å²) in [6.45, 7) is 4.99. The first-order valence-corrected chi connectivity index (χ1v) is 6.88. The molecule has 0 saturated carbocycles. The average molecular weight is 288 g/mol. The number of nitrogens with two attached hydrogens (primary N) is 1. The first-order chi connectivity index (χ1) is 9.26. The molecule has 1 aromatic carbocycles. The molecule has 0 fully saturated rings. The lowest BCUT2D eigenvalue weighted by Crippen LogP contribution is -2.44. The Bertz CT molecular complexity index is 416. The molecule has 0 aliphatic heterocycles. The minimum absolute atomic E-state index is 0.370. The molecule has 0 radical (unpaired) electrons. The lowest BCUT2D eigenvalue weighted by molar-refractivity contribution is -0.152. The van der Waals surface area contributed by atoms with Gasteiger partial charge in [0.15, 0.2) is 0 Å². The molecular weight excluding hydrogens is 265 g/mol. The van der Waals surface area contributed by atoms with E-state index in [1.54, 1.807) is 6.92 Å². The highest BCUT2D eigenvalue weighted by Crippen LogP contribution is 2.29. The number of benzene rings is 1. The van der Waals surface area contributed by atoms with Crippen molar-refractivity contribution in [3.05, 3.63) is 35.4 Å². The van der Waals surface area contributed by atoms with Crippen LogP contribution in [0.25, 0.3) is 0 Å². The van der Waals surface area contributed by atoms with Crippen LogP contribution >= 0.6 is 0 Å². The van der Waals surface area contributed by atoms with Gasteiger partial charge in [0.25, 0.3) is 0 Å². The molecule has 1 rings (SSSR count). The van der Waals surface area contributed by atoms with Crippen LogP contribution in [0, 0.1) is 6.92 Å². The second kappa shape index (κ2) is 7.09. The number of rotatable bonds is 6. The molecule has 114 valence electrons. The molecule has 1 aromatic rings. The van der Waals surface area contributed by atoms with Crippen LogP contribution in [-0.2, 0) is 0 Å². The van der Waals surface area contributed by atoms with Gasteiger partial charge in [-0.05, 0) is 37.9 Å². The van der Waals surface area contributed by atoms with Crippen LogP contribution in [-0.4, -0.2) is 30.2 Å². The van der Waals surface area contributed by atoms with E-state index in [0.29, 0.717) is 13.0 Å². The molecular formula is C15H23F3N2.